The molecule has 1 heterocycles. The maximum atomic E-state index is 6.58. The lowest BCUT2D eigenvalue weighted by Crippen LogP contribution is -2.17. The molecule has 0 saturated heterocycles. The standard InChI is InChI=1S/C83H56N2O/c1-83(2)78-51-60(43-46-72(78)73-47-44-61(52-79(73)83)85(57-20-4-3-5-21-57)80-32-16-19-54-18-6-7-22-63(54)80)84(58-39-34-53(35-40-58)56-38-45-71-68-27-11-10-25-66(68)67-26-12-13-28-69(67)77(71)50-56)59-41-36-55(37-42-59)62-48-49-70(65-24-9-8-23-64(62)65)75-30-17-31-76-74-29-14-15-33-81(74)86-82(75)76/h3-52H,1-2H3. The van der Waals surface area contributed by atoms with Gasteiger partial charge in [-0.1, -0.05) is 238 Å². The van der Waals surface area contributed by atoms with E-state index in [4.69, 9.17) is 4.42 Å². The lowest BCUT2D eigenvalue weighted by Gasteiger charge is -2.29. The van der Waals surface area contributed by atoms with Crippen molar-refractivity contribution in [2.75, 3.05) is 9.80 Å². The van der Waals surface area contributed by atoms with Crippen molar-refractivity contribution in [2.45, 2.75) is 19.3 Å². The van der Waals surface area contributed by atoms with Crippen LogP contribution in [0.15, 0.2) is 308 Å². The van der Waals surface area contributed by atoms with Crippen LogP contribution in [0.25, 0.3) is 120 Å². The number of nitrogens with zero attached hydrogens (tertiary/aromatic N) is 2. The third kappa shape index (κ3) is 7.82. The summed E-state index contributed by atoms with van der Waals surface area (Å²) >= 11 is 0. The highest BCUT2D eigenvalue weighted by molar-refractivity contribution is 6.26. The van der Waals surface area contributed by atoms with Gasteiger partial charge in [0.25, 0.3) is 0 Å². The molecule has 0 aliphatic heterocycles. The molecule has 0 fully saturated rings. The Morgan fingerprint density at radius 1 is 0.256 bits per heavy atom. The molecule has 0 spiro atoms. The molecule has 1 aliphatic rings. The number of fused-ring (bicyclic) bond motifs is 14. The van der Waals surface area contributed by atoms with Gasteiger partial charge >= 0.3 is 0 Å². The van der Waals surface area contributed by atoms with E-state index in [1.165, 1.54) is 92.8 Å². The first-order valence-electron chi connectivity index (χ1n) is 29.8. The van der Waals surface area contributed by atoms with Crippen LogP contribution in [0.2, 0.25) is 0 Å². The van der Waals surface area contributed by atoms with Gasteiger partial charge < -0.3 is 14.2 Å². The Hall–Kier alpha value is -11.0. The highest BCUT2D eigenvalue weighted by Gasteiger charge is 2.37. The van der Waals surface area contributed by atoms with Gasteiger partial charge in [-0.25, -0.2) is 0 Å². The molecule has 17 rings (SSSR count). The summed E-state index contributed by atoms with van der Waals surface area (Å²) in [6.07, 6.45) is 0. The summed E-state index contributed by atoms with van der Waals surface area (Å²) in [6, 6.07) is 112. The second-order valence-corrected chi connectivity index (χ2v) is 23.5. The Balaban J connectivity index is 0.775. The summed E-state index contributed by atoms with van der Waals surface area (Å²) in [6.45, 7) is 4.79. The summed E-state index contributed by atoms with van der Waals surface area (Å²) in [5.41, 5.74) is 20.3. The second kappa shape index (κ2) is 19.6. The Morgan fingerprint density at radius 2 is 0.709 bits per heavy atom. The average Bonchev–Trinajstić information content (AvgIpc) is 1.70. The van der Waals surface area contributed by atoms with E-state index in [9.17, 15) is 0 Å². The normalized spacial score (nSPS) is 12.6. The number of hydrogen-bond acceptors (Lipinski definition) is 3. The molecule has 0 N–H and O–H groups in total. The van der Waals surface area contributed by atoms with Crippen molar-refractivity contribution in [3.05, 3.63) is 314 Å². The van der Waals surface area contributed by atoms with E-state index in [1.54, 1.807) is 0 Å². The van der Waals surface area contributed by atoms with Gasteiger partial charge in [-0.15, -0.1) is 0 Å². The molecule has 1 aliphatic carbocycles. The Bertz CT molecular complexity index is 5340. The molecule has 15 aromatic carbocycles. The van der Waals surface area contributed by atoms with E-state index < -0.39 is 0 Å². The quantitative estimate of drug-likeness (QED) is 0.134. The van der Waals surface area contributed by atoms with Gasteiger partial charge in [0.15, 0.2) is 0 Å². The molecule has 3 heteroatoms. The minimum Gasteiger partial charge on any atom is -0.455 e. The maximum absolute atomic E-state index is 6.58. The predicted molar refractivity (Wildman–Crippen MR) is 364 cm³/mol. The molecule has 0 amide bonds. The third-order valence-corrected chi connectivity index (χ3v) is 18.4. The first-order valence-corrected chi connectivity index (χ1v) is 29.8. The van der Waals surface area contributed by atoms with Gasteiger partial charge in [0.05, 0.1) is 5.69 Å². The molecule has 0 bridgehead atoms. The lowest BCUT2D eigenvalue weighted by atomic mass is 9.82. The number of hydrogen-bond donors (Lipinski definition) is 0. The van der Waals surface area contributed by atoms with Crippen molar-refractivity contribution in [1.29, 1.82) is 0 Å². The summed E-state index contributed by atoms with van der Waals surface area (Å²) in [7, 11) is 0. The SMILES string of the molecule is CC1(C)c2cc(N(c3ccc(-c4ccc5c6ccccc6c6ccccc6c5c4)cc3)c3ccc(-c4ccc(-c5cccc6c5oc5ccccc56)c5ccccc45)cc3)ccc2-c2ccc(N(c3ccccc3)c3cccc4ccccc34)cc21. The summed E-state index contributed by atoms with van der Waals surface area (Å²) in [5.74, 6) is 0. The lowest BCUT2D eigenvalue weighted by molar-refractivity contribution is 0.660. The number of rotatable bonds is 9. The second-order valence-electron chi connectivity index (χ2n) is 23.5. The smallest absolute Gasteiger partial charge is 0.143 e. The number of furan rings is 1. The molecule has 0 radical (unpaired) electrons. The van der Waals surface area contributed by atoms with Crippen LogP contribution in [0.3, 0.4) is 0 Å². The molecule has 86 heavy (non-hydrogen) atoms. The number of benzene rings is 15. The molecular formula is C83H56N2O. The Kier molecular flexibility index (Phi) is 11.3. The molecule has 0 saturated carbocycles. The molecule has 1 aromatic heterocycles. The number of para-hydroxylation sites is 3. The van der Waals surface area contributed by atoms with Gasteiger partial charge in [0.2, 0.25) is 0 Å². The first-order chi connectivity index (χ1) is 42.4. The summed E-state index contributed by atoms with van der Waals surface area (Å²) in [5, 5.41) is 14.7. The van der Waals surface area contributed by atoms with Crippen molar-refractivity contribution in [3.8, 4) is 44.5 Å². The van der Waals surface area contributed by atoms with Crippen LogP contribution < -0.4 is 9.80 Å². The van der Waals surface area contributed by atoms with Crippen LogP contribution in [-0.4, -0.2) is 0 Å². The maximum Gasteiger partial charge on any atom is 0.143 e. The molecule has 404 valence electrons. The van der Waals surface area contributed by atoms with E-state index in [1.807, 2.05) is 6.07 Å². The highest BCUT2D eigenvalue weighted by Crippen LogP contribution is 2.53. The van der Waals surface area contributed by atoms with Crippen molar-refractivity contribution in [3.63, 3.8) is 0 Å². The summed E-state index contributed by atoms with van der Waals surface area (Å²) < 4.78 is 6.58. The van der Waals surface area contributed by atoms with E-state index in [2.05, 4.69) is 321 Å². The first kappa shape index (κ1) is 49.6. The van der Waals surface area contributed by atoms with Gasteiger partial charge in [-0.2, -0.15) is 0 Å². The van der Waals surface area contributed by atoms with E-state index >= 15 is 0 Å². The van der Waals surface area contributed by atoms with Crippen molar-refractivity contribution < 1.29 is 4.42 Å². The number of anilines is 6. The van der Waals surface area contributed by atoms with E-state index in [0.29, 0.717) is 0 Å². The van der Waals surface area contributed by atoms with Gasteiger partial charge in [0, 0.05) is 55.6 Å². The zero-order chi connectivity index (χ0) is 57.0. The topological polar surface area (TPSA) is 19.6 Å². The van der Waals surface area contributed by atoms with Gasteiger partial charge in [-0.05, 0) is 177 Å². The van der Waals surface area contributed by atoms with Gasteiger partial charge in [-0.3, -0.25) is 0 Å². The zero-order valence-corrected chi connectivity index (χ0v) is 47.7. The summed E-state index contributed by atoms with van der Waals surface area (Å²) in [4.78, 5) is 4.86. The van der Waals surface area contributed by atoms with Crippen molar-refractivity contribution in [1.82, 2.24) is 0 Å². The Morgan fingerprint density at radius 3 is 1.38 bits per heavy atom. The highest BCUT2D eigenvalue weighted by atomic mass is 16.3. The largest absolute Gasteiger partial charge is 0.455 e. The van der Waals surface area contributed by atoms with E-state index in [0.717, 1.165) is 72.8 Å². The zero-order valence-electron chi connectivity index (χ0n) is 47.7. The molecule has 0 unspecified atom stereocenters. The van der Waals surface area contributed by atoms with Crippen LogP contribution in [0.4, 0.5) is 34.1 Å². The van der Waals surface area contributed by atoms with Crippen LogP contribution in [0.5, 0.6) is 0 Å². The monoisotopic (exact) mass is 1100 g/mol. The van der Waals surface area contributed by atoms with Crippen molar-refractivity contribution >= 4 is 110 Å². The van der Waals surface area contributed by atoms with E-state index in [-0.39, 0.29) is 5.41 Å². The predicted octanol–water partition coefficient (Wildman–Crippen LogP) is 23.6. The molecular weight excluding hydrogens is 1040 g/mol. The van der Waals surface area contributed by atoms with Crippen LogP contribution in [-0.2, 0) is 5.41 Å². The molecule has 3 nitrogen and oxygen atoms in total. The fraction of sp³-hybridized carbons (Fsp3) is 0.0361. The molecule has 0 atom stereocenters. The van der Waals surface area contributed by atoms with Crippen LogP contribution in [0.1, 0.15) is 25.0 Å². The minimum absolute atomic E-state index is 0.314. The fourth-order valence-electron chi connectivity index (χ4n) is 14.3. The molecule has 16 aromatic rings. The average molecular weight is 1100 g/mol. The fourth-order valence-corrected chi connectivity index (χ4v) is 14.3. The third-order valence-electron chi connectivity index (χ3n) is 18.4. The van der Waals surface area contributed by atoms with Crippen LogP contribution in [0, 0.1) is 0 Å². The van der Waals surface area contributed by atoms with Gasteiger partial charge in [0.1, 0.15) is 11.2 Å². The van der Waals surface area contributed by atoms with Crippen molar-refractivity contribution in [2.24, 2.45) is 0 Å². The Labute approximate surface area is 499 Å². The van der Waals surface area contributed by atoms with Crippen LogP contribution >= 0.6 is 0 Å². The minimum atomic E-state index is -0.314.